The minimum atomic E-state index is -3.67. The zero-order valence-corrected chi connectivity index (χ0v) is 17.0. The minimum absolute atomic E-state index is 0.0423. The number of nitrogens with two attached hydrogens (primary N) is 1. The number of likely N-dealkylation sites (N-methyl/N-ethyl adjacent to an activating group) is 1. The number of sulfonamides is 1. The van der Waals surface area contributed by atoms with Gasteiger partial charge >= 0.3 is 0 Å². The Morgan fingerprint density at radius 3 is 2.48 bits per heavy atom. The van der Waals surface area contributed by atoms with Gasteiger partial charge in [0.15, 0.2) is 0 Å². The normalized spacial score (nSPS) is 11.7. The first-order chi connectivity index (χ1) is 11.7. The molecule has 1 aromatic heterocycles. The second-order valence-electron chi connectivity index (χ2n) is 5.67. The number of rotatable bonds is 8. The Labute approximate surface area is 160 Å². The van der Waals surface area contributed by atoms with Gasteiger partial charge in [-0.3, -0.25) is 9.69 Å². The summed E-state index contributed by atoms with van der Waals surface area (Å²) in [4.78, 5) is 15.2. The predicted octanol–water partition coefficient (Wildman–Crippen LogP) is 1.95. The molecule has 0 saturated carbocycles. The Hall–Kier alpha value is -1.26. The lowest BCUT2D eigenvalue weighted by molar-refractivity contribution is -0.122. The number of nitrogens with zero attached hydrogens (tertiary/aromatic N) is 1. The van der Waals surface area contributed by atoms with Crippen LogP contribution >= 0.6 is 27.3 Å². The van der Waals surface area contributed by atoms with E-state index in [0.29, 0.717) is 19.5 Å². The van der Waals surface area contributed by atoms with Crippen LogP contribution in [0.25, 0.3) is 0 Å². The smallest absolute Gasteiger partial charge is 0.238 e. The van der Waals surface area contributed by atoms with Gasteiger partial charge in [-0.15, -0.1) is 11.3 Å². The highest BCUT2D eigenvalue weighted by molar-refractivity contribution is 9.11. The fourth-order valence-electron chi connectivity index (χ4n) is 2.25. The third kappa shape index (κ3) is 6.87. The molecule has 1 amide bonds. The first-order valence-electron chi connectivity index (χ1n) is 7.55. The van der Waals surface area contributed by atoms with Crippen molar-refractivity contribution in [2.24, 2.45) is 5.14 Å². The molecule has 136 valence electrons. The largest absolute Gasteiger partial charge is 0.355 e. The van der Waals surface area contributed by atoms with Gasteiger partial charge in [0.25, 0.3) is 0 Å². The lowest BCUT2D eigenvalue weighted by atomic mass is 10.1. The molecule has 0 radical (unpaired) electrons. The maximum atomic E-state index is 12.0. The summed E-state index contributed by atoms with van der Waals surface area (Å²) >= 11 is 5.08. The van der Waals surface area contributed by atoms with Crippen LogP contribution in [0.3, 0.4) is 0 Å². The molecular weight excluding hydrogens is 426 g/mol. The number of halogens is 1. The average Bonchev–Trinajstić information content (AvgIpc) is 2.91. The van der Waals surface area contributed by atoms with Crippen LogP contribution in [0.5, 0.6) is 0 Å². The van der Waals surface area contributed by atoms with Crippen LogP contribution in [0, 0.1) is 0 Å². The van der Waals surface area contributed by atoms with E-state index in [1.807, 2.05) is 24.1 Å². The molecule has 0 aliphatic rings. The molecule has 0 atom stereocenters. The second-order valence-corrected chi connectivity index (χ2v) is 9.78. The van der Waals surface area contributed by atoms with E-state index < -0.39 is 10.0 Å². The minimum Gasteiger partial charge on any atom is -0.355 e. The molecule has 3 N–H and O–H groups in total. The van der Waals surface area contributed by atoms with Crippen LogP contribution in [0.15, 0.2) is 45.1 Å². The van der Waals surface area contributed by atoms with Crippen molar-refractivity contribution in [1.29, 1.82) is 0 Å². The molecule has 9 heteroatoms. The number of benzene rings is 1. The van der Waals surface area contributed by atoms with Gasteiger partial charge in [-0.25, -0.2) is 13.6 Å². The summed E-state index contributed by atoms with van der Waals surface area (Å²) in [6.45, 7) is 1.53. The van der Waals surface area contributed by atoms with E-state index in [2.05, 4.69) is 21.2 Å². The van der Waals surface area contributed by atoms with Crippen molar-refractivity contribution >= 4 is 43.2 Å². The summed E-state index contributed by atoms with van der Waals surface area (Å²) in [6.07, 6.45) is 0.623. The van der Waals surface area contributed by atoms with Crippen molar-refractivity contribution in [3.05, 3.63) is 50.6 Å². The lowest BCUT2D eigenvalue weighted by Crippen LogP contribution is -2.35. The summed E-state index contributed by atoms with van der Waals surface area (Å²) < 4.78 is 23.5. The topological polar surface area (TPSA) is 92.5 Å². The molecule has 6 nitrogen and oxygen atoms in total. The van der Waals surface area contributed by atoms with Gasteiger partial charge in [0, 0.05) is 18.0 Å². The van der Waals surface area contributed by atoms with Crippen molar-refractivity contribution in [3.8, 4) is 0 Å². The molecule has 2 aromatic rings. The van der Waals surface area contributed by atoms with E-state index in [9.17, 15) is 13.2 Å². The van der Waals surface area contributed by atoms with E-state index in [4.69, 9.17) is 5.14 Å². The number of hydrogen-bond acceptors (Lipinski definition) is 5. The highest BCUT2D eigenvalue weighted by Gasteiger charge is 2.09. The Bertz CT molecular complexity index is 819. The Morgan fingerprint density at radius 1 is 1.24 bits per heavy atom. The molecule has 2 rings (SSSR count). The summed E-state index contributed by atoms with van der Waals surface area (Å²) in [5, 5.41) is 7.93. The van der Waals surface area contributed by atoms with E-state index >= 15 is 0 Å². The third-order valence-electron chi connectivity index (χ3n) is 3.46. The van der Waals surface area contributed by atoms with Crippen molar-refractivity contribution in [2.45, 2.75) is 17.9 Å². The number of carbonyl (C=O) groups excluding carboxylic acids is 1. The Kier molecular flexibility index (Phi) is 7.14. The molecule has 25 heavy (non-hydrogen) atoms. The molecule has 0 unspecified atom stereocenters. The average molecular weight is 446 g/mol. The van der Waals surface area contributed by atoms with Gasteiger partial charge in [0.1, 0.15) is 0 Å². The summed E-state index contributed by atoms with van der Waals surface area (Å²) in [5.74, 6) is -0.0423. The number of carbonyl (C=O) groups is 1. The standard InChI is InChI=1S/C16H20BrN3O3S2/c1-20(10-13-4-7-15(17)24-13)11-16(21)19-9-8-12-2-5-14(6-3-12)25(18,22)23/h2-7H,8-11H2,1H3,(H,19,21)(H2,18,22,23). The molecule has 0 spiro atoms. The number of primary sulfonamides is 1. The van der Waals surface area contributed by atoms with Crippen LogP contribution in [0.2, 0.25) is 0 Å². The molecule has 1 aromatic carbocycles. The van der Waals surface area contributed by atoms with Gasteiger partial charge in [-0.05, 0) is 59.2 Å². The molecule has 0 bridgehead atoms. The fourth-order valence-corrected chi connectivity index (χ4v) is 4.33. The van der Waals surface area contributed by atoms with E-state index in [0.717, 1.165) is 15.9 Å². The van der Waals surface area contributed by atoms with Gasteiger partial charge in [0.05, 0.1) is 15.2 Å². The van der Waals surface area contributed by atoms with Crippen molar-refractivity contribution in [1.82, 2.24) is 10.2 Å². The van der Waals surface area contributed by atoms with Gasteiger partial charge in [-0.1, -0.05) is 12.1 Å². The van der Waals surface area contributed by atoms with Crippen LogP contribution in [0.1, 0.15) is 10.4 Å². The third-order valence-corrected chi connectivity index (χ3v) is 5.99. The summed E-state index contributed by atoms with van der Waals surface area (Å²) in [7, 11) is -1.77. The fraction of sp³-hybridized carbons (Fsp3) is 0.312. The first kappa shape index (κ1) is 20.1. The SMILES string of the molecule is CN(CC(=O)NCCc1ccc(S(N)(=O)=O)cc1)Cc1ccc(Br)s1. The lowest BCUT2D eigenvalue weighted by Gasteiger charge is -2.15. The highest BCUT2D eigenvalue weighted by atomic mass is 79.9. The molecular formula is C16H20BrN3O3S2. The highest BCUT2D eigenvalue weighted by Crippen LogP contribution is 2.22. The van der Waals surface area contributed by atoms with Gasteiger partial charge in [0.2, 0.25) is 15.9 Å². The van der Waals surface area contributed by atoms with E-state index in [-0.39, 0.29) is 10.8 Å². The zero-order valence-electron chi connectivity index (χ0n) is 13.7. The molecule has 0 fully saturated rings. The maximum absolute atomic E-state index is 12.0. The monoisotopic (exact) mass is 445 g/mol. The number of amides is 1. The van der Waals surface area contributed by atoms with E-state index in [1.54, 1.807) is 23.5 Å². The maximum Gasteiger partial charge on any atom is 0.238 e. The van der Waals surface area contributed by atoms with E-state index in [1.165, 1.54) is 17.0 Å². The second kappa shape index (κ2) is 8.91. The number of nitrogens with one attached hydrogen (secondary N) is 1. The Morgan fingerprint density at radius 2 is 1.92 bits per heavy atom. The Balaban J connectivity index is 1.73. The zero-order chi connectivity index (χ0) is 18.4. The molecule has 0 saturated heterocycles. The molecule has 0 aliphatic carbocycles. The molecule has 0 aliphatic heterocycles. The van der Waals surface area contributed by atoms with Crippen LogP contribution in [0.4, 0.5) is 0 Å². The van der Waals surface area contributed by atoms with Crippen molar-refractivity contribution < 1.29 is 13.2 Å². The molecule has 1 heterocycles. The summed E-state index contributed by atoms with van der Waals surface area (Å²) in [6, 6.07) is 10.4. The first-order valence-corrected chi connectivity index (χ1v) is 10.7. The van der Waals surface area contributed by atoms with Crippen molar-refractivity contribution in [2.75, 3.05) is 20.1 Å². The van der Waals surface area contributed by atoms with Crippen LogP contribution in [-0.2, 0) is 27.8 Å². The quantitative estimate of drug-likeness (QED) is 0.649. The summed E-state index contributed by atoms with van der Waals surface area (Å²) in [5.41, 5.74) is 0.935. The predicted molar refractivity (Wildman–Crippen MR) is 103 cm³/mol. The number of hydrogen-bond donors (Lipinski definition) is 2. The van der Waals surface area contributed by atoms with Gasteiger partial charge in [-0.2, -0.15) is 0 Å². The van der Waals surface area contributed by atoms with Crippen molar-refractivity contribution in [3.63, 3.8) is 0 Å². The van der Waals surface area contributed by atoms with Crippen LogP contribution in [-0.4, -0.2) is 39.4 Å². The van der Waals surface area contributed by atoms with Gasteiger partial charge < -0.3 is 5.32 Å². The van der Waals surface area contributed by atoms with Crippen LogP contribution < -0.4 is 10.5 Å². The number of thiophene rings is 1.